The number of hydrogen-bond donors (Lipinski definition) is 2. The molecule has 1 aromatic rings. The van der Waals surface area contributed by atoms with E-state index in [4.69, 9.17) is 9.84 Å². The average Bonchev–Trinajstić information content (AvgIpc) is 2.74. The van der Waals surface area contributed by atoms with Gasteiger partial charge in [0.25, 0.3) is 0 Å². The molecule has 0 aliphatic carbocycles. The van der Waals surface area contributed by atoms with Gasteiger partial charge in [0.1, 0.15) is 11.8 Å². The van der Waals surface area contributed by atoms with Crippen LogP contribution < -0.4 is 5.32 Å². The van der Waals surface area contributed by atoms with Crippen LogP contribution in [0.1, 0.15) is 6.42 Å². The van der Waals surface area contributed by atoms with E-state index in [0.717, 1.165) is 4.90 Å². The van der Waals surface area contributed by atoms with Crippen molar-refractivity contribution < 1.29 is 19.4 Å². The van der Waals surface area contributed by atoms with Gasteiger partial charge in [-0.3, -0.25) is 4.79 Å². The van der Waals surface area contributed by atoms with Gasteiger partial charge in [0.05, 0.1) is 12.4 Å². The number of carbonyl (C=O) groups excluding carboxylic acids is 2. The van der Waals surface area contributed by atoms with Crippen LogP contribution in [0.2, 0.25) is 0 Å². The second-order valence-corrected chi connectivity index (χ2v) is 4.91. The summed E-state index contributed by atoms with van der Waals surface area (Å²) in [5.41, 5.74) is 0. The highest BCUT2D eigenvalue weighted by atomic mass is 32.2. The summed E-state index contributed by atoms with van der Waals surface area (Å²) in [6, 6.07) is 6.09. The van der Waals surface area contributed by atoms with E-state index in [0.29, 0.717) is 13.0 Å². The van der Waals surface area contributed by atoms with E-state index in [1.807, 2.05) is 0 Å². The Kier molecular flexibility index (Phi) is 4.09. The second-order valence-electron chi connectivity index (χ2n) is 3.86. The summed E-state index contributed by atoms with van der Waals surface area (Å²) in [7, 11) is 0. The van der Waals surface area contributed by atoms with Crippen molar-refractivity contribution in [2.75, 3.05) is 12.4 Å². The van der Waals surface area contributed by atoms with E-state index in [1.54, 1.807) is 24.3 Å². The lowest BCUT2D eigenvalue weighted by Crippen LogP contribution is -2.38. The molecular formula is C12H13NO4S. The van der Waals surface area contributed by atoms with Crippen LogP contribution in [0.4, 0.5) is 0 Å². The van der Waals surface area contributed by atoms with E-state index in [-0.39, 0.29) is 23.4 Å². The Balaban J connectivity index is 1.78. The third kappa shape index (κ3) is 3.40. The Morgan fingerprint density at radius 2 is 2.17 bits per heavy atom. The van der Waals surface area contributed by atoms with Gasteiger partial charge in [-0.2, -0.15) is 0 Å². The molecule has 0 aromatic heterocycles. The first kappa shape index (κ1) is 12.8. The minimum absolute atomic E-state index is 0.192. The van der Waals surface area contributed by atoms with Crippen LogP contribution in [0, 0.1) is 0 Å². The quantitative estimate of drug-likeness (QED) is 0.626. The van der Waals surface area contributed by atoms with Crippen molar-refractivity contribution in [3.63, 3.8) is 0 Å². The van der Waals surface area contributed by atoms with Crippen molar-refractivity contribution in [1.82, 2.24) is 5.32 Å². The molecule has 0 saturated carbocycles. The van der Waals surface area contributed by atoms with Gasteiger partial charge < -0.3 is 15.2 Å². The Morgan fingerprint density at radius 3 is 2.78 bits per heavy atom. The second kappa shape index (κ2) is 5.77. The van der Waals surface area contributed by atoms with Gasteiger partial charge in [0.2, 0.25) is 5.91 Å². The Morgan fingerprint density at radius 1 is 1.44 bits per heavy atom. The molecule has 6 heteroatoms. The summed E-state index contributed by atoms with van der Waals surface area (Å²) < 4.78 is 4.75. The number of hydrogen-bond acceptors (Lipinski definition) is 5. The molecule has 0 radical (unpaired) electrons. The minimum Gasteiger partial charge on any atom is -0.508 e. The SMILES string of the molecule is O=C(CSc1ccc(O)cc1)N[C@H]1CCOC1=O. The first-order valence-corrected chi connectivity index (χ1v) is 6.51. The summed E-state index contributed by atoms with van der Waals surface area (Å²) in [6.07, 6.45) is 0.536. The fourth-order valence-electron chi connectivity index (χ4n) is 1.55. The predicted octanol–water partition coefficient (Wildman–Crippen LogP) is 0.916. The highest BCUT2D eigenvalue weighted by molar-refractivity contribution is 8.00. The lowest BCUT2D eigenvalue weighted by atomic mass is 10.2. The van der Waals surface area contributed by atoms with E-state index >= 15 is 0 Å². The van der Waals surface area contributed by atoms with Crippen molar-refractivity contribution in [2.24, 2.45) is 0 Å². The number of aromatic hydroxyl groups is 1. The largest absolute Gasteiger partial charge is 0.508 e. The zero-order chi connectivity index (χ0) is 13.0. The van der Waals surface area contributed by atoms with E-state index in [9.17, 15) is 9.59 Å². The summed E-state index contributed by atoms with van der Waals surface area (Å²) >= 11 is 1.35. The Bertz CT molecular complexity index is 446. The normalized spacial score (nSPS) is 18.4. The maximum Gasteiger partial charge on any atom is 0.328 e. The van der Waals surface area contributed by atoms with Gasteiger partial charge >= 0.3 is 5.97 Å². The maximum absolute atomic E-state index is 11.6. The average molecular weight is 267 g/mol. The molecular weight excluding hydrogens is 254 g/mol. The lowest BCUT2D eigenvalue weighted by molar-refractivity contribution is -0.141. The third-order valence-electron chi connectivity index (χ3n) is 2.48. The molecule has 0 unspecified atom stereocenters. The van der Waals surface area contributed by atoms with Crippen LogP contribution in [0.5, 0.6) is 5.75 Å². The number of phenols is 1. The zero-order valence-electron chi connectivity index (χ0n) is 9.59. The number of cyclic esters (lactones) is 1. The van der Waals surface area contributed by atoms with E-state index < -0.39 is 6.04 Å². The fourth-order valence-corrected chi connectivity index (χ4v) is 2.26. The number of thioether (sulfide) groups is 1. The standard InChI is InChI=1S/C12H13NO4S/c14-8-1-3-9(4-2-8)18-7-11(15)13-10-5-6-17-12(10)16/h1-4,10,14H,5-7H2,(H,13,15)/t10-/m0/s1. The minimum atomic E-state index is -0.502. The van der Waals surface area contributed by atoms with Crippen LogP contribution >= 0.6 is 11.8 Å². The van der Waals surface area contributed by atoms with Gasteiger partial charge in [-0.15, -0.1) is 11.8 Å². The number of rotatable bonds is 4. The molecule has 2 N–H and O–H groups in total. The molecule has 96 valence electrons. The van der Waals surface area contributed by atoms with E-state index in [1.165, 1.54) is 11.8 Å². The first-order chi connectivity index (χ1) is 8.65. The number of ether oxygens (including phenoxy) is 1. The van der Waals surface area contributed by atoms with Gasteiger partial charge in [0, 0.05) is 11.3 Å². The number of carbonyl (C=O) groups is 2. The molecule has 1 heterocycles. The smallest absolute Gasteiger partial charge is 0.328 e. The third-order valence-corrected chi connectivity index (χ3v) is 3.49. The van der Waals surface area contributed by atoms with Crippen molar-refractivity contribution in [3.8, 4) is 5.75 Å². The van der Waals surface area contributed by atoms with Crippen molar-refractivity contribution in [1.29, 1.82) is 0 Å². The number of amides is 1. The van der Waals surface area contributed by atoms with Crippen molar-refractivity contribution in [2.45, 2.75) is 17.4 Å². The molecule has 2 rings (SSSR count). The summed E-state index contributed by atoms with van der Waals surface area (Å²) in [5, 5.41) is 11.7. The topological polar surface area (TPSA) is 75.6 Å². The maximum atomic E-state index is 11.6. The monoisotopic (exact) mass is 267 g/mol. The number of phenolic OH excluding ortho intramolecular Hbond substituents is 1. The number of benzene rings is 1. The van der Waals surface area contributed by atoms with Crippen LogP contribution in [0.15, 0.2) is 29.2 Å². The molecule has 18 heavy (non-hydrogen) atoms. The van der Waals surface area contributed by atoms with E-state index in [2.05, 4.69) is 5.32 Å². The molecule has 1 aliphatic heterocycles. The Labute approximate surface area is 109 Å². The van der Waals surface area contributed by atoms with Crippen molar-refractivity contribution >= 4 is 23.6 Å². The molecule has 1 fully saturated rings. The molecule has 0 spiro atoms. The van der Waals surface area contributed by atoms with Crippen LogP contribution in [0.3, 0.4) is 0 Å². The van der Waals surface area contributed by atoms with Gasteiger partial charge in [0.15, 0.2) is 0 Å². The molecule has 1 saturated heterocycles. The van der Waals surface area contributed by atoms with Gasteiger partial charge in [-0.1, -0.05) is 0 Å². The predicted molar refractivity (Wildman–Crippen MR) is 66.3 cm³/mol. The van der Waals surface area contributed by atoms with Crippen molar-refractivity contribution in [3.05, 3.63) is 24.3 Å². The molecule has 1 amide bonds. The van der Waals surface area contributed by atoms with Crippen LogP contribution in [-0.4, -0.2) is 35.4 Å². The number of nitrogens with one attached hydrogen (secondary N) is 1. The van der Waals surface area contributed by atoms with Gasteiger partial charge in [-0.05, 0) is 24.3 Å². The van der Waals surface area contributed by atoms with Gasteiger partial charge in [-0.25, -0.2) is 4.79 Å². The number of esters is 1. The fraction of sp³-hybridized carbons (Fsp3) is 0.333. The lowest BCUT2D eigenvalue weighted by Gasteiger charge is -2.08. The summed E-state index contributed by atoms with van der Waals surface area (Å²) in [5.74, 6) is -0.137. The summed E-state index contributed by atoms with van der Waals surface area (Å²) in [4.78, 5) is 23.6. The molecule has 0 bridgehead atoms. The molecule has 1 aromatic carbocycles. The highest BCUT2D eigenvalue weighted by Crippen LogP contribution is 2.20. The zero-order valence-corrected chi connectivity index (χ0v) is 10.4. The molecule has 5 nitrogen and oxygen atoms in total. The molecule has 1 aliphatic rings. The van der Waals surface area contributed by atoms with Crippen LogP contribution in [-0.2, 0) is 14.3 Å². The Hall–Kier alpha value is -1.69. The molecule has 1 atom stereocenters. The summed E-state index contributed by atoms with van der Waals surface area (Å²) in [6.45, 7) is 0.370. The highest BCUT2D eigenvalue weighted by Gasteiger charge is 2.27. The van der Waals surface area contributed by atoms with Crippen LogP contribution in [0.25, 0.3) is 0 Å². The first-order valence-electron chi connectivity index (χ1n) is 5.53.